The average molecular weight is 264 g/mol. The molecular weight excluding hydrogens is 253 g/mol. The minimum atomic E-state index is -0.0756. The molecule has 1 aromatic heterocycles. The van der Waals surface area contributed by atoms with Crippen molar-refractivity contribution in [2.75, 3.05) is 32.6 Å². The SMILES string of the molecule is CN(C)C(=O)CN(C)c1nc(Cl)nnc1Cl. The molecule has 0 bridgehead atoms. The number of hydrogen-bond donors (Lipinski definition) is 0. The van der Waals surface area contributed by atoms with Crippen molar-refractivity contribution < 1.29 is 4.79 Å². The Morgan fingerprint density at radius 1 is 1.25 bits per heavy atom. The summed E-state index contributed by atoms with van der Waals surface area (Å²) in [5.41, 5.74) is 0. The summed E-state index contributed by atoms with van der Waals surface area (Å²) >= 11 is 11.4. The molecule has 1 amide bonds. The third-order valence-corrected chi connectivity index (χ3v) is 2.24. The van der Waals surface area contributed by atoms with Crippen LogP contribution in [0.15, 0.2) is 0 Å². The number of carbonyl (C=O) groups excluding carboxylic acids is 1. The Morgan fingerprint density at radius 3 is 2.44 bits per heavy atom. The van der Waals surface area contributed by atoms with Gasteiger partial charge < -0.3 is 9.80 Å². The predicted molar refractivity (Wildman–Crippen MR) is 61.8 cm³/mol. The first-order valence-corrected chi connectivity index (χ1v) is 5.14. The molecule has 0 aliphatic carbocycles. The van der Waals surface area contributed by atoms with Crippen LogP contribution in [-0.4, -0.2) is 53.7 Å². The van der Waals surface area contributed by atoms with Crippen LogP contribution in [0.4, 0.5) is 5.82 Å². The summed E-state index contributed by atoms with van der Waals surface area (Å²) in [6.45, 7) is 0.141. The average Bonchev–Trinajstić information content (AvgIpc) is 2.21. The molecule has 1 heterocycles. The predicted octanol–water partition coefficient (Wildman–Crippen LogP) is 0.703. The number of nitrogens with zero attached hydrogens (tertiary/aromatic N) is 5. The van der Waals surface area contributed by atoms with E-state index in [0.717, 1.165) is 0 Å². The van der Waals surface area contributed by atoms with E-state index in [1.165, 1.54) is 4.90 Å². The van der Waals surface area contributed by atoms with Crippen LogP contribution in [0.5, 0.6) is 0 Å². The molecule has 0 saturated carbocycles. The first-order valence-electron chi connectivity index (χ1n) is 4.39. The van der Waals surface area contributed by atoms with Crippen LogP contribution in [0.25, 0.3) is 0 Å². The summed E-state index contributed by atoms with van der Waals surface area (Å²) in [4.78, 5) is 18.4. The molecular formula is C8H11Cl2N5O. The fourth-order valence-electron chi connectivity index (χ4n) is 0.948. The van der Waals surface area contributed by atoms with Crippen molar-refractivity contribution in [3.05, 3.63) is 10.4 Å². The molecule has 1 rings (SSSR count). The lowest BCUT2D eigenvalue weighted by Gasteiger charge is -2.20. The van der Waals surface area contributed by atoms with Crippen LogP contribution in [0.3, 0.4) is 0 Å². The van der Waals surface area contributed by atoms with E-state index in [4.69, 9.17) is 23.2 Å². The Hall–Kier alpha value is -1.14. The van der Waals surface area contributed by atoms with Gasteiger partial charge in [0, 0.05) is 21.1 Å². The van der Waals surface area contributed by atoms with E-state index >= 15 is 0 Å². The topological polar surface area (TPSA) is 62.2 Å². The maximum absolute atomic E-state index is 11.5. The minimum Gasteiger partial charge on any atom is -0.348 e. The third-order valence-electron chi connectivity index (χ3n) is 1.84. The van der Waals surface area contributed by atoms with E-state index in [1.54, 1.807) is 26.0 Å². The van der Waals surface area contributed by atoms with Crippen molar-refractivity contribution in [1.82, 2.24) is 20.1 Å². The molecule has 8 heteroatoms. The molecule has 16 heavy (non-hydrogen) atoms. The zero-order valence-corrected chi connectivity index (χ0v) is 10.6. The van der Waals surface area contributed by atoms with Gasteiger partial charge in [0.1, 0.15) is 0 Å². The second-order valence-electron chi connectivity index (χ2n) is 3.34. The van der Waals surface area contributed by atoms with E-state index < -0.39 is 0 Å². The van der Waals surface area contributed by atoms with Crippen LogP contribution in [0, 0.1) is 0 Å². The Balaban J connectivity index is 2.84. The van der Waals surface area contributed by atoms with Gasteiger partial charge in [-0.25, -0.2) is 0 Å². The summed E-state index contributed by atoms with van der Waals surface area (Å²) in [5.74, 6) is 0.255. The number of likely N-dealkylation sites (N-methyl/N-ethyl adjacent to an activating group) is 2. The minimum absolute atomic E-state index is 0.0106. The van der Waals surface area contributed by atoms with E-state index in [0.29, 0.717) is 5.82 Å². The Labute approximate surface area is 103 Å². The van der Waals surface area contributed by atoms with Gasteiger partial charge in [0.05, 0.1) is 6.54 Å². The zero-order valence-electron chi connectivity index (χ0n) is 9.11. The summed E-state index contributed by atoms with van der Waals surface area (Å²) < 4.78 is 0. The third kappa shape index (κ3) is 3.18. The van der Waals surface area contributed by atoms with Gasteiger partial charge in [-0.1, -0.05) is 11.6 Å². The summed E-state index contributed by atoms with van der Waals surface area (Å²) in [5, 5.41) is 7.19. The molecule has 0 saturated heterocycles. The number of rotatable bonds is 3. The largest absolute Gasteiger partial charge is 0.348 e. The molecule has 0 aliphatic rings. The molecule has 0 N–H and O–H groups in total. The van der Waals surface area contributed by atoms with E-state index in [2.05, 4.69) is 15.2 Å². The van der Waals surface area contributed by atoms with Gasteiger partial charge in [-0.3, -0.25) is 4.79 Å². The van der Waals surface area contributed by atoms with Gasteiger partial charge in [0.15, 0.2) is 11.0 Å². The Bertz CT molecular complexity index is 398. The van der Waals surface area contributed by atoms with E-state index in [-0.39, 0.29) is 22.9 Å². The van der Waals surface area contributed by atoms with Crippen LogP contribution < -0.4 is 4.90 Å². The summed E-state index contributed by atoms with van der Waals surface area (Å²) in [7, 11) is 5.01. The number of aromatic nitrogens is 3. The maximum atomic E-state index is 11.5. The first-order chi connectivity index (χ1) is 7.41. The molecule has 88 valence electrons. The van der Waals surface area contributed by atoms with Crippen molar-refractivity contribution >= 4 is 34.9 Å². The van der Waals surface area contributed by atoms with Crippen molar-refractivity contribution in [1.29, 1.82) is 0 Å². The normalized spacial score (nSPS) is 10.1. The van der Waals surface area contributed by atoms with Crippen molar-refractivity contribution in [2.45, 2.75) is 0 Å². The monoisotopic (exact) mass is 263 g/mol. The van der Waals surface area contributed by atoms with Gasteiger partial charge in [-0.2, -0.15) is 4.98 Å². The molecule has 0 atom stereocenters. The number of carbonyl (C=O) groups is 1. The number of hydrogen-bond acceptors (Lipinski definition) is 5. The molecule has 1 aromatic rings. The van der Waals surface area contributed by atoms with Crippen molar-refractivity contribution in [2.24, 2.45) is 0 Å². The quantitative estimate of drug-likeness (QED) is 0.804. The van der Waals surface area contributed by atoms with Gasteiger partial charge in [0.25, 0.3) is 0 Å². The molecule has 0 radical (unpaired) electrons. The molecule has 0 spiro atoms. The van der Waals surface area contributed by atoms with Crippen LogP contribution >= 0.6 is 23.2 Å². The summed E-state index contributed by atoms with van der Waals surface area (Å²) in [6, 6.07) is 0. The summed E-state index contributed by atoms with van der Waals surface area (Å²) in [6.07, 6.45) is 0. The van der Waals surface area contributed by atoms with Gasteiger partial charge in [-0.05, 0) is 11.6 Å². The highest BCUT2D eigenvalue weighted by Crippen LogP contribution is 2.19. The maximum Gasteiger partial charge on any atom is 0.245 e. The molecule has 6 nitrogen and oxygen atoms in total. The zero-order chi connectivity index (χ0) is 12.3. The fraction of sp³-hybridized carbons (Fsp3) is 0.500. The Morgan fingerprint density at radius 2 is 1.88 bits per heavy atom. The lowest BCUT2D eigenvalue weighted by Crippen LogP contribution is -2.35. The van der Waals surface area contributed by atoms with Crippen LogP contribution in [0.2, 0.25) is 10.4 Å². The van der Waals surface area contributed by atoms with Crippen LogP contribution in [-0.2, 0) is 4.79 Å². The molecule has 0 aliphatic heterocycles. The second kappa shape index (κ2) is 5.27. The number of anilines is 1. The van der Waals surface area contributed by atoms with Crippen molar-refractivity contribution in [3.63, 3.8) is 0 Å². The lowest BCUT2D eigenvalue weighted by molar-refractivity contribution is -0.127. The van der Waals surface area contributed by atoms with E-state index in [1.807, 2.05) is 0 Å². The van der Waals surface area contributed by atoms with Crippen molar-refractivity contribution in [3.8, 4) is 0 Å². The molecule has 0 aromatic carbocycles. The van der Waals surface area contributed by atoms with E-state index in [9.17, 15) is 4.79 Å². The molecule has 0 fully saturated rings. The molecule has 0 unspecified atom stereocenters. The first kappa shape index (κ1) is 12.9. The highest BCUT2D eigenvalue weighted by Gasteiger charge is 2.15. The second-order valence-corrected chi connectivity index (χ2v) is 4.04. The lowest BCUT2D eigenvalue weighted by atomic mass is 10.5. The smallest absolute Gasteiger partial charge is 0.245 e. The highest BCUT2D eigenvalue weighted by molar-refractivity contribution is 6.32. The van der Waals surface area contributed by atoms with Crippen LogP contribution in [0.1, 0.15) is 0 Å². The Kier molecular flexibility index (Phi) is 4.26. The van der Waals surface area contributed by atoms with Gasteiger partial charge in [0.2, 0.25) is 11.2 Å². The fourth-order valence-corrected chi connectivity index (χ4v) is 1.29. The van der Waals surface area contributed by atoms with Gasteiger partial charge in [-0.15, -0.1) is 10.2 Å². The number of amides is 1. The standard InChI is InChI=1S/C8H11Cl2N5O/c1-14(2)5(16)4-15(3)7-6(9)12-13-8(10)11-7/h4H2,1-3H3. The highest BCUT2D eigenvalue weighted by atomic mass is 35.5. The number of halogens is 2. The van der Waals surface area contributed by atoms with Gasteiger partial charge >= 0.3 is 0 Å².